The zero-order valence-electron chi connectivity index (χ0n) is 15.2. The van der Waals surface area contributed by atoms with Crippen LogP contribution in [0.25, 0.3) is 0 Å². The average Bonchev–Trinajstić information content (AvgIpc) is 3.03. The Balaban J connectivity index is 1.81. The van der Waals surface area contributed by atoms with Crippen LogP contribution in [0.15, 0.2) is 42.5 Å². The Morgan fingerprint density at radius 2 is 1.96 bits per heavy atom. The van der Waals surface area contributed by atoms with E-state index in [-0.39, 0.29) is 18.2 Å². The van der Waals surface area contributed by atoms with Crippen molar-refractivity contribution in [1.29, 1.82) is 0 Å². The van der Waals surface area contributed by atoms with Gasteiger partial charge in [-0.25, -0.2) is 13.1 Å². The molecule has 0 saturated heterocycles. The molecule has 0 saturated carbocycles. The zero-order valence-corrected chi connectivity index (χ0v) is 16.0. The van der Waals surface area contributed by atoms with E-state index in [2.05, 4.69) is 4.72 Å². The van der Waals surface area contributed by atoms with Gasteiger partial charge in [0.1, 0.15) is 0 Å². The molecule has 0 unspecified atom stereocenters. The summed E-state index contributed by atoms with van der Waals surface area (Å²) >= 11 is 0. The van der Waals surface area contributed by atoms with Crippen LogP contribution in [0.3, 0.4) is 0 Å². The predicted molar refractivity (Wildman–Crippen MR) is 104 cm³/mol. The summed E-state index contributed by atoms with van der Waals surface area (Å²) < 4.78 is 26.3. The Kier molecular flexibility index (Phi) is 5.44. The van der Waals surface area contributed by atoms with Crippen LogP contribution in [0.4, 0.5) is 5.69 Å². The zero-order chi connectivity index (χ0) is 18.7. The van der Waals surface area contributed by atoms with Crippen LogP contribution in [-0.4, -0.2) is 26.6 Å². The van der Waals surface area contributed by atoms with Crippen molar-refractivity contribution < 1.29 is 13.2 Å². The molecule has 1 amide bonds. The molecule has 2 aromatic rings. The number of fused-ring (bicyclic) bond motifs is 1. The van der Waals surface area contributed by atoms with Gasteiger partial charge in [0.25, 0.3) is 5.91 Å². The van der Waals surface area contributed by atoms with Crippen molar-refractivity contribution in [2.24, 2.45) is 0 Å². The summed E-state index contributed by atoms with van der Waals surface area (Å²) in [5.41, 5.74) is 4.51. The molecule has 2 aromatic carbocycles. The monoisotopic (exact) mass is 372 g/mol. The first-order valence-corrected chi connectivity index (χ1v) is 10.5. The number of nitrogens with one attached hydrogen (secondary N) is 1. The number of carbonyl (C=O) groups excluding carboxylic acids is 1. The molecule has 0 fully saturated rings. The van der Waals surface area contributed by atoms with Crippen LogP contribution < -0.4 is 9.62 Å². The molecule has 0 aliphatic carbocycles. The van der Waals surface area contributed by atoms with Crippen LogP contribution >= 0.6 is 0 Å². The molecule has 26 heavy (non-hydrogen) atoms. The van der Waals surface area contributed by atoms with E-state index in [4.69, 9.17) is 0 Å². The highest BCUT2D eigenvalue weighted by molar-refractivity contribution is 7.89. The van der Waals surface area contributed by atoms with Gasteiger partial charge in [-0.05, 0) is 48.6 Å². The summed E-state index contributed by atoms with van der Waals surface area (Å²) in [5, 5.41) is 0. The molecule has 1 aliphatic rings. The lowest BCUT2D eigenvalue weighted by atomic mass is 10.1. The van der Waals surface area contributed by atoms with Crippen molar-refractivity contribution in [1.82, 2.24) is 4.72 Å². The average molecular weight is 372 g/mol. The third kappa shape index (κ3) is 3.97. The van der Waals surface area contributed by atoms with Crippen molar-refractivity contribution in [3.63, 3.8) is 0 Å². The van der Waals surface area contributed by atoms with Crippen LogP contribution in [0.2, 0.25) is 0 Å². The third-order valence-corrected chi connectivity index (χ3v) is 6.16. The molecule has 6 heteroatoms. The van der Waals surface area contributed by atoms with Crippen LogP contribution in [0.1, 0.15) is 40.4 Å². The number of aryl methyl sites for hydroxylation is 1. The van der Waals surface area contributed by atoms with Gasteiger partial charge in [0.05, 0.1) is 5.75 Å². The van der Waals surface area contributed by atoms with Gasteiger partial charge in [-0.1, -0.05) is 37.3 Å². The number of amides is 1. The molecule has 0 aromatic heterocycles. The molecule has 0 radical (unpaired) electrons. The number of benzene rings is 2. The van der Waals surface area contributed by atoms with Gasteiger partial charge in [-0.2, -0.15) is 0 Å². The SMILES string of the molecule is CCCS(=O)(=O)NCc1ccc2c(c1)N(C(=O)c1ccccc1C)CC2. The normalized spacial score (nSPS) is 13.7. The highest BCUT2D eigenvalue weighted by atomic mass is 32.2. The third-order valence-electron chi connectivity index (χ3n) is 4.63. The molecular weight excluding hydrogens is 348 g/mol. The first-order valence-electron chi connectivity index (χ1n) is 8.88. The molecule has 1 heterocycles. The van der Waals surface area contributed by atoms with Gasteiger partial charge in [0.2, 0.25) is 10.0 Å². The van der Waals surface area contributed by atoms with Crippen molar-refractivity contribution >= 4 is 21.6 Å². The maximum absolute atomic E-state index is 13.0. The number of hydrogen-bond acceptors (Lipinski definition) is 3. The lowest BCUT2D eigenvalue weighted by molar-refractivity contribution is 0.0989. The predicted octanol–water partition coefficient (Wildman–Crippen LogP) is 3.03. The number of hydrogen-bond donors (Lipinski definition) is 1. The molecule has 0 bridgehead atoms. The van der Waals surface area contributed by atoms with Gasteiger partial charge >= 0.3 is 0 Å². The highest BCUT2D eigenvalue weighted by Gasteiger charge is 2.26. The van der Waals surface area contributed by atoms with E-state index in [1.807, 2.05) is 56.3 Å². The van der Waals surface area contributed by atoms with Crippen LogP contribution in [0, 0.1) is 6.92 Å². The van der Waals surface area contributed by atoms with Crippen molar-refractivity contribution in [2.75, 3.05) is 17.2 Å². The minimum Gasteiger partial charge on any atom is -0.308 e. The van der Waals surface area contributed by atoms with Crippen LogP contribution in [-0.2, 0) is 23.0 Å². The van der Waals surface area contributed by atoms with Gasteiger partial charge < -0.3 is 4.90 Å². The maximum Gasteiger partial charge on any atom is 0.258 e. The van der Waals surface area contributed by atoms with E-state index >= 15 is 0 Å². The summed E-state index contributed by atoms with van der Waals surface area (Å²) in [6.45, 7) is 4.66. The molecule has 138 valence electrons. The number of carbonyl (C=O) groups is 1. The molecule has 0 atom stereocenters. The fourth-order valence-corrected chi connectivity index (χ4v) is 4.31. The molecular formula is C20H24N2O3S. The van der Waals surface area contributed by atoms with E-state index in [9.17, 15) is 13.2 Å². The summed E-state index contributed by atoms with van der Waals surface area (Å²) in [4.78, 5) is 14.8. The molecule has 5 nitrogen and oxygen atoms in total. The van der Waals surface area contributed by atoms with E-state index in [1.54, 1.807) is 4.90 Å². The van der Waals surface area contributed by atoms with Gasteiger partial charge in [-0.15, -0.1) is 0 Å². The maximum atomic E-state index is 13.0. The molecule has 3 rings (SSSR count). The first kappa shape index (κ1) is 18.6. The van der Waals surface area contributed by atoms with Crippen molar-refractivity contribution in [3.8, 4) is 0 Å². The Morgan fingerprint density at radius 3 is 2.69 bits per heavy atom. The quantitative estimate of drug-likeness (QED) is 0.848. The fraction of sp³-hybridized carbons (Fsp3) is 0.350. The largest absolute Gasteiger partial charge is 0.308 e. The second kappa shape index (κ2) is 7.60. The van der Waals surface area contributed by atoms with Crippen molar-refractivity contribution in [2.45, 2.75) is 33.2 Å². The van der Waals surface area contributed by atoms with Gasteiger partial charge in [0.15, 0.2) is 0 Å². The van der Waals surface area contributed by atoms with E-state index < -0.39 is 10.0 Å². The second-order valence-corrected chi connectivity index (χ2v) is 8.55. The Hall–Kier alpha value is -2.18. The number of sulfonamides is 1. The number of nitrogens with zero attached hydrogens (tertiary/aromatic N) is 1. The van der Waals surface area contributed by atoms with Gasteiger partial charge in [0, 0.05) is 24.3 Å². The van der Waals surface area contributed by atoms with Gasteiger partial charge in [-0.3, -0.25) is 4.79 Å². The highest BCUT2D eigenvalue weighted by Crippen LogP contribution is 2.31. The summed E-state index contributed by atoms with van der Waals surface area (Å²) in [6.07, 6.45) is 1.40. The van der Waals surface area contributed by atoms with E-state index in [0.717, 1.165) is 28.8 Å². The van der Waals surface area contributed by atoms with E-state index in [0.29, 0.717) is 18.5 Å². The Labute approximate surface area is 155 Å². The van der Waals surface area contributed by atoms with E-state index in [1.165, 1.54) is 0 Å². The lowest BCUT2D eigenvalue weighted by Crippen LogP contribution is -2.29. The number of rotatable bonds is 6. The minimum atomic E-state index is -3.25. The second-order valence-electron chi connectivity index (χ2n) is 6.62. The Morgan fingerprint density at radius 1 is 1.19 bits per heavy atom. The first-order chi connectivity index (χ1) is 12.4. The smallest absolute Gasteiger partial charge is 0.258 e. The Bertz CT molecular complexity index is 922. The topological polar surface area (TPSA) is 66.5 Å². The summed E-state index contributed by atoms with van der Waals surface area (Å²) in [7, 11) is -3.25. The van der Waals surface area contributed by atoms with Crippen LogP contribution in [0.5, 0.6) is 0 Å². The molecule has 0 spiro atoms. The lowest BCUT2D eigenvalue weighted by Gasteiger charge is -2.19. The standard InChI is InChI=1S/C20H24N2O3S/c1-3-12-26(24,25)21-14-16-8-9-17-10-11-22(19(17)13-16)20(23)18-7-5-4-6-15(18)2/h4-9,13,21H,3,10-12,14H2,1-2H3. The van der Waals surface area contributed by atoms with Crippen molar-refractivity contribution in [3.05, 3.63) is 64.7 Å². The fourth-order valence-electron chi connectivity index (χ4n) is 3.24. The minimum absolute atomic E-state index is 0.00874. The molecule has 1 aliphatic heterocycles. The summed E-state index contributed by atoms with van der Waals surface area (Å²) in [6, 6.07) is 13.4. The summed E-state index contributed by atoms with van der Waals surface area (Å²) in [5.74, 6) is 0.112. The number of anilines is 1. The molecule has 1 N–H and O–H groups in total.